The monoisotopic (exact) mass is 273 g/mol. The van der Waals surface area contributed by atoms with Crippen molar-refractivity contribution < 1.29 is 18.5 Å². The minimum absolute atomic E-state index is 0.0547. The molecule has 1 rings (SSSR count). The van der Waals surface area contributed by atoms with Crippen molar-refractivity contribution in [1.29, 1.82) is 0 Å². The van der Waals surface area contributed by atoms with Crippen LogP contribution in [-0.4, -0.2) is 33.3 Å². The summed E-state index contributed by atoms with van der Waals surface area (Å²) in [5.74, 6) is 0.125. The Morgan fingerprint density at radius 2 is 2.17 bits per heavy atom. The highest BCUT2D eigenvalue weighted by molar-refractivity contribution is 7.84. The number of furan rings is 1. The van der Waals surface area contributed by atoms with Crippen molar-refractivity contribution in [2.24, 2.45) is 0 Å². The summed E-state index contributed by atoms with van der Waals surface area (Å²) >= 11 is 0. The van der Waals surface area contributed by atoms with Gasteiger partial charge in [-0.1, -0.05) is 0 Å². The van der Waals surface area contributed by atoms with Crippen molar-refractivity contribution in [2.75, 3.05) is 12.0 Å². The molecular weight excluding hydrogens is 254 g/mol. The average molecular weight is 273 g/mol. The van der Waals surface area contributed by atoms with Gasteiger partial charge in [-0.05, 0) is 32.4 Å². The zero-order chi connectivity index (χ0) is 13.7. The number of carboxylic acids is 1. The predicted molar refractivity (Wildman–Crippen MR) is 70.2 cm³/mol. The van der Waals surface area contributed by atoms with Gasteiger partial charge in [0.2, 0.25) is 5.76 Å². The fourth-order valence-electron chi connectivity index (χ4n) is 1.64. The maximum Gasteiger partial charge on any atom is 0.371 e. The molecule has 2 N–H and O–H groups in total. The van der Waals surface area contributed by atoms with E-state index in [0.29, 0.717) is 11.5 Å². The number of rotatable bonds is 7. The third-order valence-corrected chi connectivity index (χ3v) is 3.45. The summed E-state index contributed by atoms with van der Waals surface area (Å²) in [7, 11) is -0.789. The van der Waals surface area contributed by atoms with Crippen molar-refractivity contribution in [2.45, 2.75) is 32.4 Å². The van der Waals surface area contributed by atoms with Crippen LogP contribution in [0.4, 0.5) is 0 Å². The van der Waals surface area contributed by atoms with Crippen LogP contribution < -0.4 is 5.32 Å². The minimum atomic E-state index is -1.07. The lowest BCUT2D eigenvalue weighted by molar-refractivity contribution is 0.0659. The van der Waals surface area contributed by atoms with Gasteiger partial charge in [0.05, 0.1) is 6.04 Å². The van der Waals surface area contributed by atoms with Crippen LogP contribution in [0.1, 0.15) is 42.6 Å². The lowest BCUT2D eigenvalue weighted by Crippen LogP contribution is -2.29. The van der Waals surface area contributed by atoms with Gasteiger partial charge in [-0.2, -0.15) is 0 Å². The van der Waals surface area contributed by atoms with Gasteiger partial charge < -0.3 is 14.8 Å². The second kappa shape index (κ2) is 6.70. The van der Waals surface area contributed by atoms with Crippen LogP contribution in [0.5, 0.6) is 0 Å². The van der Waals surface area contributed by atoms with Gasteiger partial charge in [0, 0.05) is 28.9 Å². The fourth-order valence-corrected chi connectivity index (χ4v) is 2.32. The summed E-state index contributed by atoms with van der Waals surface area (Å²) in [4.78, 5) is 10.7. The second-order valence-electron chi connectivity index (χ2n) is 4.36. The Balaban J connectivity index is 2.50. The molecule has 0 aliphatic heterocycles. The second-order valence-corrected chi connectivity index (χ2v) is 5.92. The Kier molecular flexibility index (Phi) is 5.55. The van der Waals surface area contributed by atoms with E-state index < -0.39 is 16.8 Å². The maximum atomic E-state index is 11.0. The normalized spacial score (nSPS) is 16.2. The van der Waals surface area contributed by atoms with Crippen molar-refractivity contribution in [3.63, 3.8) is 0 Å². The van der Waals surface area contributed by atoms with Gasteiger partial charge in [-0.15, -0.1) is 0 Å². The first-order valence-corrected chi connectivity index (χ1v) is 7.52. The van der Waals surface area contributed by atoms with Gasteiger partial charge in [-0.3, -0.25) is 4.21 Å². The standard InChI is InChI=1S/C12H19NO4S/c1-8(6-7-18(3)16)13-9(2)10-4-5-11(17-10)12(14)15/h4-5,8-9,13H,6-7H2,1-3H3,(H,14,15). The molecule has 0 aliphatic carbocycles. The van der Waals surface area contributed by atoms with Crippen LogP contribution in [-0.2, 0) is 10.8 Å². The van der Waals surface area contributed by atoms with E-state index in [2.05, 4.69) is 5.32 Å². The van der Waals surface area contributed by atoms with E-state index in [1.165, 1.54) is 6.07 Å². The predicted octanol–water partition coefficient (Wildman–Crippen LogP) is 1.79. The van der Waals surface area contributed by atoms with Crippen molar-refractivity contribution >= 4 is 16.8 Å². The SMILES string of the molecule is CC(CCS(C)=O)NC(C)c1ccc(C(=O)O)o1. The van der Waals surface area contributed by atoms with E-state index in [0.717, 1.165) is 6.42 Å². The topological polar surface area (TPSA) is 79.5 Å². The third kappa shape index (κ3) is 4.62. The van der Waals surface area contributed by atoms with E-state index >= 15 is 0 Å². The van der Waals surface area contributed by atoms with E-state index in [1.54, 1.807) is 12.3 Å². The van der Waals surface area contributed by atoms with E-state index in [1.807, 2.05) is 13.8 Å². The highest BCUT2D eigenvalue weighted by atomic mass is 32.2. The number of hydrogen-bond donors (Lipinski definition) is 2. The Hall–Kier alpha value is -1.14. The largest absolute Gasteiger partial charge is 0.475 e. The van der Waals surface area contributed by atoms with Crippen molar-refractivity contribution in [3.8, 4) is 0 Å². The summed E-state index contributed by atoms with van der Waals surface area (Å²) in [6.07, 6.45) is 2.49. The van der Waals surface area contributed by atoms with Crippen LogP contribution in [0.25, 0.3) is 0 Å². The minimum Gasteiger partial charge on any atom is -0.475 e. The molecule has 0 aliphatic rings. The summed E-state index contributed by atoms with van der Waals surface area (Å²) in [6.45, 7) is 3.91. The lowest BCUT2D eigenvalue weighted by atomic mass is 10.2. The molecular formula is C12H19NO4S. The highest BCUT2D eigenvalue weighted by Gasteiger charge is 2.15. The molecule has 3 atom stereocenters. The summed E-state index contributed by atoms with van der Waals surface area (Å²) in [5, 5.41) is 12.0. The first-order valence-electron chi connectivity index (χ1n) is 5.79. The van der Waals surface area contributed by atoms with Gasteiger partial charge >= 0.3 is 5.97 Å². The summed E-state index contributed by atoms with van der Waals surface area (Å²) < 4.78 is 16.2. The number of carbonyl (C=O) groups is 1. The van der Waals surface area contributed by atoms with Gasteiger partial charge in [0.1, 0.15) is 5.76 Å². The molecule has 0 saturated heterocycles. The zero-order valence-electron chi connectivity index (χ0n) is 10.8. The molecule has 0 saturated carbocycles. The van der Waals surface area contributed by atoms with Crippen LogP contribution in [0.2, 0.25) is 0 Å². The molecule has 0 aromatic carbocycles. The van der Waals surface area contributed by atoms with E-state index in [-0.39, 0.29) is 17.8 Å². The zero-order valence-corrected chi connectivity index (χ0v) is 11.6. The Bertz CT molecular complexity index is 429. The van der Waals surface area contributed by atoms with Crippen LogP contribution in [0, 0.1) is 0 Å². The van der Waals surface area contributed by atoms with E-state index in [4.69, 9.17) is 9.52 Å². The number of hydrogen-bond acceptors (Lipinski definition) is 4. The molecule has 5 nitrogen and oxygen atoms in total. The van der Waals surface area contributed by atoms with Crippen LogP contribution in [0.15, 0.2) is 16.5 Å². The molecule has 0 amide bonds. The van der Waals surface area contributed by atoms with E-state index in [9.17, 15) is 9.00 Å². The number of nitrogens with one attached hydrogen (secondary N) is 1. The van der Waals surface area contributed by atoms with Gasteiger partial charge in [-0.25, -0.2) is 4.79 Å². The van der Waals surface area contributed by atoms with Crippen LogP contribution >= 0.6 is 0 Å². The average Bonchev–Trinajstić information content (AvgIpc) is 2.75. The maximum absolute atomic E-state index is 11.0. The molecule has 0 bridgehead atoms. The molecule has 18 heavy (non-hydrogen) atoms. The smallest absolute Gasteiger partial charge is 0.371 e. The molecule has 1 aromatic heterocycles. The molecule has 0 radical (unpaired) electrons. The van der Waals surface area contributed by atoms with Gasteiger partial charge in [0.15, 0.2) is 0 Å². The molecule has 1 aromatic rings. The van der Waals surface area contributed by atoms with Crippen molar-refractivity contribution in [3.05, 3.63) is 23.7 Å². The highest BCUT2D eigenvalue weighted by Crippen LogP contribution is 2.17. The third-order valence-electron chi connectivity index (χ3n) is 2.64. The lowest BCUT2D eigenvalue weighted by Gasteiger charge is -2.17. The van der Waals surface area contributed by atoms with Crippen LogP contribution in [0.3, 0.4) is 0 Å². The summed E-state index contributed by atoms with van der Waals surface area (Å²) in [6, 6.07) is 3.23. The number of carboxylic acid groups (broad SMARTS) is 1. The fraction of sp³-hybridized carbons (Fsp3) is 0.583. The van der Waals surface area contributed by atoms with Crippen molar-refractivity contribution in [1.82, 2.24) is 5.32 Å². The first kappa shape index (κ1) is 14.9. The molecule has 6 heteroatoms. The Morgan fingerprint density at radius 1 is 1.50 bits per heavy atom. The molecule has 0 spiro atoms. The number of aromatic carboxylic acids is 1. The first-order chi connectivity index (χ1) is 8.40. The Morgan fingerprint density at radius 3 is 2.67 bits per heavy atom. The molecule has 3 unspecified atom stereocenters. The Labute approximate surface area is 109 Å². The summed E-state index contributed by atoms with van der Waals surface area (Å²) in [5.41, 5.74) is 0. The molecule has 102 valence electrons. The van der Waals surface area contributed by atoms with Gasteiger partial charge in [0.25, 0.3) is 0 Å². The quantitative estimate of drug-likeness (QED) is 0.791. The molecule has 1 heterocycles. The molecule has 0 fully saturated rings.